The molecule has 1 saturated heterocycles. The summed E-state index contributed by atoms with van der Waals surface area (Å²) in [5.41, 5.74) is 0.963. The molecule has 0 aromatic rings. The zero-order chi connectivity index (χ0) is 33.8. The van der Waals surface area contributed by atoms with E-state index in [1.807, 2.05) is 6.08 Å². The molecule has 274 valence electrons. The van der Waals surface area contributed by atoms with Crippen molar-refractivity contribution in [1.82, 2.24) is 0 Å². The zero-order valence-electron chi connectivity index (χ0n) is 30.3. The van der Waals surface area contributed by atoms with E-state index in [1.54, 1.807) is 0 Å². The molecule has 6 unspecified atom stereocenters. The molecule has 0 aliphatic carbocycles. The first kappa shape index (κ1) is 43.5. The van der Waals surface area contributed by atoms with Crippen molar-refractivity contribution in [3.8, 4) is 0 Å². The van der Waals surface area contributed by atoms with Crippen LogP contribution in [0.2, 0.25) is 0 Å². The summed E-state index contributed by atoms with van der Waals surface area (Å²) in [5, 5.41) is 50.9. The Kier molecular flexibility index (Phi) is 27.8. The topological polar surface area (TPSA) is 120 Å². The Morgan fingerprint density at radius 3 is 1.57 bits per heavy atom. The van der Waals surface area contributed by atoms with E-state index in [0.29, 0.717) is 0 Å². The summed E-state index contributed by atoms with van der Waals surface area (Å²) in [7, 11) is 0. The maximum Gasteiger partial charge on any atom is 0.187 e. The summed E-state index contributed by atoms with van der Waals surface area (Å²) in [5.74, 6) is 0.824. The van der Waals surface area contributed by atoms with Crippen molar-refractivity contribution in [3.05, 3.63) is 11.6 Å². The van der Waals surface area contributed by atoms with Crippen LogP contribution in [-0.4, -0.2) is 75.6 Å². The van der Waals surface area contributed by atoms with Crippen molar-refractivity contribution in [2.45, 2.75) is 218 Å². The van der Waals surface area contributed by atoms with Gasteiger partial charge < -0.3 is 35.0 Å². The summed E-state index contributed by atoms with van der Waals surface area (Å²) in [6.07, 6.45) is 25.9. The minimum Gasteiger partial charge on any atom is -0.394 e. The Balaban J connectivity index is 2.38. The second-order valence-electron chi connectivity index (χ2n) is 14.5. The molecule has 0 bridgehead atoms. The van der Waals surface area contributed by atoms with Crippen molar-refractivity contribution in [2.24, 2.45) is 5.92 Å². The molecule has 0 radical (unpaired) electrons. The van der Waals surface area contributed by atoms with E-state index in [9.17, 15) is 25.5 Å². The third-order valence-electron chi connectivity index (χ3n) is 9.59. The van der Waals surface area contributed by atoms with E-state index in [4.69, 9.17) is 9.47 Å². The van der Waals surface area contributed by atoms with Crippen LogP contribution in [-0.2, 0) is 9.47 Å². The van der Waals surface area contributed by atoms with Gasteiger partial charge in [-0.25, -0.2) is 0 Å². The number of aliphatic hydroxyl groups excluding tert-OH is 5. The molecule has 1 rings (SSSR count). The third-order valence-corrected chi connectivity index (χ3v) is 9.59. The van der Waals surface area contributed by atoms with Gasteiger partial charge in [0.15, 0.2) is 6.29 Å². The molecule has 1 fully saturated rings. The Morgan fingerprint density at radius 1 is 0.630 bits per heavy atom. The highest BCUT2D eigenvalue weighted by Gasteiger charge is 2.44. The van der Waals surface area contributed by atoms with Crippen LogP contribution in [0.3, 0.4) is 0 Å². The summed E-state index contributed by atoms with van der Waals surface area (Å²) >= 11 is 0. The van der Waals surface area contributed by atoms with Gasteiger partial charge in [0, 0.05) is 0 Å². The van der Waals surface area contributed by atoms with Gasteiger partial charge in [-0.2, -0.15) is 0 Å². The highest BCUT2D eigenvalue weighted by Crippen LogP contribution is 2.24. The Hall–Kier alpha value is -0.540. The molecule has 6 atom stereocenters. The first-order chi connectivity index (χ1) is 22.3. The number of rotatable bonds is 31. The second kappa shape index (κ2) is 29.4. The lowest BCUT2D eigenvalue weighted by atomic mass is 9.99. The first-order valence-electron chi connectivity index (χ1n) is 19.6. The van der Waals surface area contributed by atoms with Gasteiger partial charge in [-0.1, -0.05) is 168 Å². The highest BCUT2D eigenvalue weighted by atomic mass is 16.7. The molecule has 0 spiro atoms. The van der Waals surface area contributed by atoms with Gasteiger partial charge in [0.2, 0.25) is 0 Å². The zero-order valence-corrected chi connectivity index (χ0v) is 30.3. The van der Waals surface area contributed by atoms with Gasteiger partial charge in [-0.05, 0) is 30.8 Å². The van der Waals surface area contributed by atoms with Gasteiger partial charge in [0.05, 0.1) is 19.3 Å². The van der Waals surface area contributed by atoms with E-state index in [-0.39, 0.29) is 6.61 Å². The van der Waals surface area contributed by atoms with Crippen molar-refractivity contribution < 1.29 is 35.0 Å². The van der Waals surface area contributed by atoms with Gasteiger partial charge in [-0.3, -0.25) is 0 Å². The van der Waals surface area contributed by atoms with Crippen LogP contribution in [0.15, 0.2) is 11.6 Å². The Morgan fingerprint density at radius 2 is 1.09 bits per heavy atom. The van der Waals surface area contributed by atoms with Gasteiger partial charge in [0.25, 0.3) is 0 Å². The van der Waals surface area contributed by atoms with Gasteiger partial charge in [-0.15, -0.1) is 0 Å². The number of hydrogen-bond donors (Lipinski definition) is 5. The molecular formula is C39H76O7. The summed E-state index contributed by atoms with van der Waals surface area (Å²) in [6.45, 7) is 6.54. The molecule has 1 heterocycles. The fourth-order valence-electron chi connectivity index (χ4n) is 6.47. The van der Waals surface area contributed by atoms with E-state index in [1.165, 1.54) is 122 Å². The SMILES string of the molecule is CCCCCCCCCCCCCCC(=CC(O)CCCCCCCCCCCCC(C)C)COC1OC(CO)C(O)C(O)C1O. The maximum absolute atomic E-state index is 10.8. The normalized spacial score (nSPS) is 23.0. The molecule has 46 heavy (non-hydrogen) atoms. The van der Waals surface area contributed by atoms with Crippen LogP contribution in [0.4, 0.5) is 0 Å². The minimum atomic E-state index is -1.46. The van der Waals surface area contributed by atoms with Gasteiger partial charge >= 0.3 is 0 Å². The lowest BCUT2D eigenvalue weighted by Gasteiger charge is -2.39. The van der Waals surface area contributed by atoms with Crippen LogP contribution in [0, 0.1) is 5.92 Å². The molecule has 0 aromatic carbocycles. The predicted molar refractivity (Wildman–Crippen MR) is 190 cm³/mol. The first-order valence-corrected chi connectivity index (χ1v) is 19.6. The molecule has 0 saturated carbocycles. The van der Waals surface area contributed by atoms with Crippen LogP contribution in [0.5, 0.6) is 0 Å². The number of unbranched alkanes of at least 4 members (excludes halogenated alkanes) is 20. The molecule has 7 heteroatoms. The fraction of sp³-hybridized carbons (Fsp3) is 0.949. The Labute approximate surface area is 283 Å². The third kappa shape index (κ3) is 22.2. The average molecular weight is 657 g/mol. The monoisotopic (exact) mass is 657 g/mol. The summed E-state index contributed by atoms with van der Waals surface area (Å²) in [6, 6.07) is 0. The molecule has 0 amide bonds. The Bertz CT molecular complexity index is 698. The van der Waals surface area contributed by atoms with Crippen molar-refractivity contribution >= 4 is 0 Å². The number of aliphatic hydroxyl groups is 5. The lowest BCUT2D eigenvalue weighted by Crippen LogP contribution is -2.59. The molecule has 1 aliphatic heterocycles. The second-order valence-corrected chi connectivity index (χ2v) is 14.5. The molecule has 5 N–H and O–H groups in total. The van der Waals surface area contributed by atoms with E-state index >= 15 is 0 Å². The fourth-order valence-corrected chi connectivity index (χ4v) is 6.47. The van der Waals surface area contributed by atoms with Crippen molar-refractivity contribution in [2.75, 3.05) is 13.2 Å². The summed E-state index contributed by atoms with van der Waals surface area (Å²) in [4.78, 5) is 0. The average Bonchev–Trinajstić information content (AvgIpc) is 3.04. The number of ether oxygens (including phenoxy) is 2. The number of hydrogen-bond acceptors (Lipinski definition) is 7. The van der Waals surface area contributed by atoms with Crippen LogP contribution in [0.1, 0.15) is 181 Å². The quantitative estimate of drug-likeness (QED) is 0.0375. The largest absolute Gasteiger partial charge is 0.394 e. The van der Waals surface area contributed by atoms with Gasteiger partial charge in [0.1, 0.15) is 24.4 Å². The van der Waals surface area contributed by atoms with E-state index in [2.05, 4.69) is 20.8 Å². The molecule has 7 nitrogen and oxygen atoms in total. The van der Waals surface area contributed by atoms with Crippen molar-refractivity contribution in [1.29, 1.82) is 0 Å². The maximum atomic E-state index is 10.8. The van der Waals surface area contributed by atoms with Crippen LogP contribution >= 0.6 is 0 Å². The van der Waals surface area contributed by atoms with Crippen LogP contribution < -0.4 is 0 Å². The van der Waals surface area contributed by atoms with Crippen molar-refractivity contribution in [3.63, 3.8) is 0 Å². The lowest BCUT2D eigenvalue weighted by molar-refractivity contribution is -0.299. The molecule has 1 aliphatic rings. The molecule has 0 aromatic heterocycles. The predicted octanol–water partition coefficient (Wildman–Crippen LogP) is 8.52. The summed E-state index contributed by atoms with van der Waals surface area (Å²) < 4.78 is 11.4. The van der Waals surface area contributed by atoms with Crippen LogP contribution in [0.25, 0.3) is 0 Å². The molecular weight excluding hydrogens is 580 g/mol. The standard InChI is InChI=1S/C39H76O7/c1-4-5-6-7-8-9-10-11-15-18-21-24-27-33(31-45-39-38(44)37(43)36(42)35(30-40)46-39)29-34(41)28-25-22-19-16-13-12-14-17-20-23-26-32(2)3/h29,32,34-44H,4-28,30-31H2,1-3H3. The highest BCUT2D eigenvalue weighted by molar-refractivity contribution is 5.06. The minimum absolute atomic E-state index is 0.162. The smallest absolute Gasteiger partial charge is 0.187 e. The van der Waals surface area contributed by atoms with E-state index < -0.39 is 43.4 Å². The van der Waals surface area contributed by atoms with E-state index in [0.717, 1.165) is 50.0 Å².